The van der Waals surface area contributed by atoms with Crippen molar-refractivity contribution in [3.05, 3.63) is 88.9 Å². The molecule has 0 unspecified atom stereocenters. The van der Waals surface area contributed by atoms with Crippen LogP contribution in [0, 0.1) is 6.92 Å². The Morgan fingerprint density at radius 1 is 1.02 bits per heavy atom. The molecule has 3 N–H and O–H groups in total. The lowest BCUT2D eigenvalue weighted by Crippen LogP contribution is -2.22. The number of aryl methyl sites for hydroxylation is 1. The van der Waals surface area contributed by atoms with Gasteiger partial charge in [-0.05, 0) is 59.9 Å². The summed E-state index contributed by atoms with van der Waals surface area (Å²) in [5.41, 5.74) is 3.73. The molecule has 12 heteroatoms. The molecule has 4 aromatic rings. The van der Waals surface area contributed by atoms with Gasteiger partial charge in [-0.25, -0.2) is 8.42 Å². The molecule has 0 fully saturated rings. The van der Waals surface area contributed by atoms with Crippen LogP contribution < -0.4 is 20.1 Å². The lowest BCUT2D eigenvalue weighted by atomic mass is 9.85. The summed E-state index contributed by atoms with van der Waals surface area (Å²) >= 11 is 0. The molecule has 2 aromatic carbocycles. The summed E-state index contributed by atoms with van der Waals surface area (Å²) in [4.78, 5) is 30.3. The highest BCUT2D eigenvalue weighted by molar-refractivity contribution is 7.92. The van der Waals surface area contributed by atoms with Crippen molar-refractivity contribution in [3.8, 4) is 17.0 Å². The Morgan fingerprint density at radius 2 is 1.79 bits per heavy atom. The van der Waals surface area contributed by atoms with Gasteiger partial charge in [-0.2, -0.15) is 0 Å². The van der Waals surface area contributed by atoms with E-state index in [-0.39, 0.29) is 34.7 Å². The van der Waals surface area contributed by atoms with Gasteiger partial charge in [0.25, 0.3) is 11.8 Å². The van der Waals surface area contributed by atoms with Crippen LogP contribution in [0.1, 0.15) is 58.5 Å². The Bertz CT molecular complexity index is 1730. The van der Waals surface area contributed by atoms with Crippen LogP contribution in [0.2, 0.25) is 0 Å². The van der Waals surface area contributed by atoms with Crippen LogP contribution in [0.4, 0.5) is 11.4 Å². The normalized spacial score (nSPS) is 11.6. The molecule has 0 radical (unpaired) electrons. The summed E-state index contributed by atoms with van der Waals surface area (Å²) < 4.78 is 37.3. The Balaban J connectivity index is 1.60. The predicted molar refractivity (Wildman–Crippen MR) is 160 cm³/mol. The second-order valence-electron chi connectivity index (χ2n) is 10.8. The maximum absolute atomic E-state index is 13.5. The molecule has 0 atom stereocenters. The highest BCUT2D eigenvalue weighted by atomic mass is 32.2. The number of amides is 2. The number of carbonyl (C=O) groups excluding carboxylic acids is 2. The first-order valence-electron chi connectivity index (χ1n) is 13.0. The third-order valence-corrected chi connectivity index (χ3v) is 6.95. The highest BCUT2D eigenvalue weighted by Crippen LogP contribution is 2.36. The summed E-state index contributed by atoms with van der Waals surface area (Å²) in [7, 11) is -2.28. The average Bonchev–Trinajstić information content (AvgIpc) is 3.42. The topological polar surface area (TPSA) is 153 Å². The molecule has 0 saturated heterocycles. The lowest BCUT2D eigenvalue weighted by molar-refractivity contribution is 0.0913. The average molecular weight is 592 g/mol. The number of ether oxygens (including phenoxy) is 1. The second-order valence-corrected chi connectivity index (χ2v) is 12.5. The van der Waals surface area contributed by atoms with Gasteiger partial charge in [0.1, 0.15) is 5.69 Å². The number of hydrogen-bond donors (Lipinski definition) is 3. The van der Waals surface area contributed by atoms with Gasteiger partial charge in [0.15, 0.2) is 5.75 Å². The maximum atomic E-state index is 13.5. The molecule has 4 rings (SSSR count). The Kier molecular flexibility index (Phi) is 8.67. The summed E-state index contributed by atoms with van der Waals surface area (Å²) in [6.45, 7) is 7.97. The van der Waals surface area contributed by atoms with Crippen molar-refractivity contribution < 1.29 is 27.3 Å². The van der Waals surface area contributed by atoms with E-state index in [1.807, 2.05) is 33.8 Å². The molecular formula is C30H33N5O6S. The van der Waals surface area contributed by atoms with Crippen molar-refractivity contribution in [2.45, 2.75) is 39.7 Å². The first-order chi connectivity index (χ1) is 19.7. The fourth-order valence-electron chi connectivity index (χ4n) is 4.17. The SMILES string of the molecule is COc1c(NS(C)(=O)=O)cc(C(C)(C)C)cc1C(=O)Nc1ccc(C)c(-c2cc(C(=O)NCc3ccccn3)on2)c1. The van der Waals surface area contributed by atoms with E-state index in [4.69, 9.17) is 9.26 Å². The number of sulfonamides is 1. The number of benzene rings is 2. The van der Waals surface area contributed by atoms with Gasteiger partial charge < -0.3 is 19.9 Å². The standard InChI is InChI=1S/C30H33N5O6S/c1-18-10-11-20(15-22(18)24-16-26(41-34-24)29(37)32-17-21-9-7-8-12-31-21)33-28(36)23-13-19(30(2,3)4)14-25(27(23)40-5)35-42(6,38)39/h7-16,35H,17H2,1-6H3,(H,32,37)(H,33,36). The van der Waals surface area contributed by atoms with E-state index >= 15 is 0 Å². The zero-order valence-corrected chi connectivity index (χ0v) is 25.0. The molecule has 0 aliphatic rings. The number of pyridine rings is 1. The molecule has 0 bridgehead atoms. The molecule has 2 heterocycles. The van der Waals surface area contributed by atoms with E-state index in [1.165, 1.54) is 13.2 Å². The van der Waals surface area contributed by atoms with Gasteiger partial charge in [0, 0.05) is 23.5 Å². The Hall–Kier alpha value is -4.71. The maximum Gasteiger partial charge on any atom is 0.290 e. The lowest BCUT2D eigenvalue weighted by Gasteiger charge is -2.23. The number of anilines is 2. The minimum absolute atomic E-state index is 0.0319. The van der Waals surface area contributed by atoms with Crippen LogP contribution in [-0.2, 0) is 22.0 Å². The van der Waals surface area contributed by atoms with E-state index in [1.54, 1.807) is 48.7 Å². The molecule has 42 heavy (non-hydrogen) atoms. The zero-order chi connectivity index (χ0) is 30.7. The highest BCUT2D eigenvalue weighted by Gasteiger charge is 2.25. The first-order valence-corrected chi connectivity index (χ1v) is 14.9. The number of aromatic nitrogens is 2. The van der Waals surface area contributed by atoms with Crippen LogP contribution in [0.25, 0.3) is 11.3 Å². The van der Waals surface area contributed by atoms with Crippen molar-refractivity contribution in [2.24, 2.45) is 0 Å². The van der Waals surface area contributed by atoms with Gasteiger partial charge in [-0.15, -0.1) is 0 Å². The summed E-state index contributed by atoms with van der Waals surface area (Å²) in [6, 6.07) is 15.6. The fourth-order valence-corrected chi connectivity index (χ4v) is 4.72. The van der Waals surface area contributed by atoms with E-state index in [2.05, 4.69) is 25.5 Å². The van der Waals surface area contributed by atoms with E-state index < -0.39 is 21.8 Å². The minimum atomic E-state index is -3.65. The smallest absolute Gasteiger partial charge is 0.290 e. The molecule has 0 aliphatic heterocycles. The van der Waals surface area contributed by atoms with Crippen molar-refractivity contribution in [1.29, 1.82) is 0 Å². The molecule has 0 saturated carbocycles. The molecule has 11 nitrogen and oxygen atoms in total. The Labute approximate surface area is 244 Å². The molecule has 220 valence electrons. The summed E-state index contributed by atoms with van der Waals surface area (Å²) in [6.07, 6.45) is 2.68. The second kappa shape index (κ2) is 12.0. The molecular weight excluding hydrogens is 558 g/mol. The number of carbonyl (C=O) groups is 2. The quantitative estimate of drug-likeness (QED) is 0.248. The fraction of sp³-hybridized carbons (Fsp3) is 0.267. The number of hydrogen-bond acceptors (Lipinski definition) is 8. The van der Waals surface area contributed by atoms with E-state index in [9.17, 15) is 18.0 Å². The van der Waals surface area contributed by atoms with Crippen LogP contribution >= 0.6 is 0 Å². The molecule has 0 spiro atoms. The molecule has 2 aromatic heterocycles. The van der Waals surface area contributed by atoms with Gasteiger partial charge in [-0.1, -0.05) is 38.1 Å². The van der Waals surface area contributed by atoms with Gasteiger partial charge in [0.05, 0.1) is 36.9 Å². The molecule has 0 aliphatic carbocycles. The van der Waals surface area contributed by atoms with Crippen molar-refractivity contribution in [2.75, 3.05) is 23.4 Å². The largest absolute Gasteiger partial charge is 0.494 e. The number of methoxy groups -OCH3 is 1. The Morgan fingerprint density at radius 3 is 2.43 bits per heavy atom. The summed E-state index contributed by atoms with van der Waals surface area (Å²) in [5.74, 6) is -0.814. The number of rotatable bonds is 9. The molecule has 2 amide bonds. The predicted octanol–water partition coefficient (Wildman–Crippen LogP) is 4.90. The van der Waals surface area contributed by atoms with Crippen LogP contribution in [0.5, 0.6) is 5.75 Å². The van der Waals surface area contributed by atoms with Gasteiger partial charge in [-0.3, -0.25) is 19.3 Å². The van der Waals surface area contributed by atoms with Crippen LogP contribution in [0.3, 0.4) is 0 Å². The summed E-state index contributed by atoms with van der Waals surface area (Å²) in [5, 5.41) is 9.68. The van der Waals surface area contributed by atoms with E-state index in [0.29, 0.717) is 22.6 Å². The van der Waals surface area contributed by atoms with Crippen molar-refractivity contribution >= 4 is 33.2 Å². The van der Waals surface area contributed by atoms with Crippen LogP contribution in [-0.4, -0.2) is 43.7 Å². The monoisotopic (exact) mass is 591 g/mol. The minimum Gasteiger partial charge on any atom is -0.494 e. The van der Waals surface area contributed by atoms with E-state index in [0.717, 1.165) is 17.4 Å². The van der Waals surface area contributed by atoms with Crippen molar-refractivity contribution in [3.63, 3.8) is 0 Å². The first kappa shape index (κ1) is 30.3. The van der Waals surface area contributed by atoms with Crippen molar-refractivity contribution in [1.82, 2.24) is 15.5 Å². The third-order valence-electron chi connectivity index (χ3n) is 6.36. The zero-order valence-electron chi connectivity index (χ0n) is 24.2. The third kappa shape index (κ3) is 7.32. The van der Waals surface area contributed by atoms with Gasteiger partial charge >= 0.3 is 0 Å². The van der Waals surface area contributed by atoms with Gasteiger partial charge in [0.2, 0.25) is 15.8 Å². The number of nitrogens with one attached hydrogen (secondary N) is 3. The number of nitrogens with zero attached hydrogens (tertiary/aromatic N) is 2. The van der Waals surface area contributed by atoms with Crippen LogP contribution in [0.15, 0.2) is 65.3 Å².